The molecule has 3 fully saturated rings. The van der Waals surface area contributed by atoms with Crippen molar-refractivity contribution in [3.8, 4) is 16.9 Å². The summed E-state index contributed by atoms with van der Waals surface area (Å²) in [5.74, 6) is -1.04. The van der Waals surface area contributed by atoms with Crippen LogP contribution in [0.2, 0.25) is 0 Å². The van der Waals surface area contributed by atoms with Crippen LogP contribution in [0.3, 0.4) is 0 Å². The number of methoxy groups -OCH3 is 1. The van der Waals surface area contributed by atoms with Crippen LogP contribution in [0.5, 0.6) is 5.75 Å². The Hall–Kier alpha value is -4.43. The van der Waals surface area contributed by atoms with Crippen LogP contribution in [0.15, 0.2) is 54.6 Å². The SMILES string of the molecule is COc1ccc(C2CCC(C(=O)O)CC2)cc1-c1ccc(C(F)(F)F)cc1C1CCC2C(c3cc(C(F)(F)F)cc(C(F)(F)F)c3)NC(=O)N12. The number of alkyl halides is 9. The van der Waals surface area contributed by atoms with Crippen molar-refractivity contribution in [1.29, 1.82) is 0 Å². The summed E-state index contributed by atoms with van der Waals surface area (Å²) in [5.41, 5.74) is -2.90. The van der Waals surface area contributed by atoms with Crippen molar-refractivity contribution in [2.24, 2.45) is 5.92 Å². The molecule has 0 spiro atoms. The minimum absolute atomic E-state index is 0.0102. The van der Waals surface area contributed by atoms with Crippen LogP contribution in [0, 0.1) is 5.92 Å². The van der Waals surface area contributed by atoms with E-state index in [0.29, 0.717) is 54.7 Å². The summed E-state index contributed by atoms with van der Waals surface area (Å²) in [7, 11) is 1.38. The summed E-state index contributed by atoms with van der Waals surface area (Å²) in [6, 6.07) is 5.29. The van der Waals surface area contributed by atoms with Crippen molar-refractivity contribution >= 4 is 12.0 Å². The normalized spacial score (nSPS) is 24.2. The van der Waals surface area contributed by atoms with Crippen LogP contribution >= 0.6 is 0 Å². The number of hydrogen-bond acceptors (Lipinski definition) is 3. The number of benzene rings is 3. The standard InChI is InChI=1S/C35H31F9N2O4/c1-50-29-11-6-19(17-2-4-18(5-3-17)31(47)48)14-26(29)24-8-7-21(33(36,37)38)16-25(24)27-9-10-28-30(45-32(49)46(27)28)20-12-22(34(39,40)41)15-23(13-20)35(42,43)44/h6-8,11-18,27-28,30H,2-5,9-10H2,1H3,(H,45,49)(H,47,48). The van der Waals surface area contributed by atoms with Crippen LogP contribution < -0.4 is 10.1 Å². The molecular weight excluding hydrogens is 683 g/mol. The monoisotopic (exact) mass is 714 g/mol. The van der Waals surface area contributed by atoms with Gasteiger partial charge in [0.05, 0.1) is 47.8 Å². The highest BCUT2D eigenvalue weighted by atomic mass is 19.4. The lowest BCUT2D eigenvalue weighted by molar-refractivity contribution is -0.144. The van der Waals surface area contributed by atoms with Gasteiger partial charge in [0.1, 0.15) is 5.75 Å². The number of hydrogen-bond donors (Lipinski definition) is 2. The van der Waals surface area contributed by atoms with Crippen LogP contribution in [-0.2, 0) is 23.3 Å². The number of aliphatic carboxylic acids is 1. The molecule has 2 N–H and O–H groups in total. The number of nitrogens with one attached hydrogen (secondary N) is 1. The zero-order chi connectivity index (χ0) is 36.3. The second-order valence-electron chi connectivity index (χ2n) is 13.0. The van der Waals surface area contributed by atoms with E-state index in [-0.39, 0.29) is 30.4 Å². The number of carbonyl (C=O) groups excluding carboxylic acids is 1. The van der Waals surface area contributed by atoms with E-state index in [1.165, 1.54) is 18.1 Å². The molecule has 2 aliphatic heterocycles. The number of carbonyl (C=O) groups is 2. The molecule has 15 heteroatoms. The average molecular weight is 715 g/mol. The Morgan fingerprint density at radius 1 is 0.740 bits per heavy atom. The Balaban J connectivity index is 1.41. The lowest BCUT2D eigenvalue weighted by atomic mass is 9.78. The molecule has 3 atom stereocenters. The lowest BCUT2D eigenvalue weighted by Crippen LogP contribution is -2.32. The summed E-state index contributed by atoms with van der Waals surface area (Å²) < 4.78 is 130. The molecule has 2 saturated heterocycles. The van der Waals surface area contributed by atoms with Crippen LogP contribution in [0.4, 0.5) is 44.3 Å². The number of rotatable bonds is 6. The highest BCUT2D eigenvalue weighted by Gasteiger charge is 2.50. The van der Waals surface area contributed by atoms with Gasteiger partial charge < -0.3 is 20.1 Å². The maximum absolute atomic E-state index is 14.1. The average Bonchev–Trinajstić information content (AvgIpc) is 3.64. The third-order valence-corrected chi connectivity index (χ3v) is 10.1. The molecule has 0 aromatic heterocycles. The summed E-state index contributed by atoms with van der Waals surface area (Å²) in [6.07, 6.45) is -12.8. The summed E-state index contributed by atoms with van der Waals surface area (Å²) >= 11 is 0. The van der Waals surface area contributed by atoms with Crippen molar-refractivity contribution in [3.63, 3.8) is 0 Å². The van der Waals surface area contributed by atoms with Crippen molar-refractivity contribution < 1.29 is 58.9 Å². The first-order valence-corrected chi connectivity index (χ1v) is 15.9. The molecule has 2 amide bonds. The molecule has 1 saturated carbocycles. The first-order chi connectivity index (χ1) is 23.4. The third-order valence-electron chi connectivity index (χ3n) is 10.1. The fourth-order valence-electron chi connectivity index (χ4n) is 7.65. The van der Waals surface area contributed by atoms with E-state index in [0.717, 1.165) is 17.7 Å². The van der Waals surface area contributed by atoms with Crippen molar-refractivity contribution in [3.05, 3.63) is 88.0 Å². The second kappa shape index (κ2) is 12.7. The van der Waals surface area contributed by atoms with Gasteiger partial charge in [-0.25, -0.2) is 4.79 Å². The molecule has 0 radical (unpaired) electrons. The molecular formula is C35H31F9N2O4. The van der Waals surface area contributed by atoms with E-state index in [1.807, 2.05) is 6.07 Å². The summed E-state index contributed by atoms with van der Waals surface area (Å²) in [4.78, 5) is 26.1. The molecule has 1 aliphatic carbocycles. The molecule has 6 rings (SSSR count). The predicted molar refractivity (Wildman–Crippen MR) is 161 cm³/mol. The maximum Gasteiger partial charge on any atom is 0.416 e. The Kier molecular flexibility index (Phi) is 9.00. The lowest BCUT2D eigenvalue weighted by Gasteiger charge is -2.29. The van der Waals surface area contributed by atoms with Crippen molar-refractivity contribution in [1.82, 2.24) is 10.2 Å². The first kappa shape index (κ1) is 35.4. The molecule has 2 heterocycles. The van der Waals surface area contributed by atoms with Gasteiger partial charge in [-0.1, -0.05) is 12.1 Å². The molecule has 3 aromatic rings. The molecule has 3 aromatic carbocycles. The number of ether oxygens (including phenoxy) is 1. The highest BCUT2D eigenvalue weighted by Crippen LogP contribution is 2.50. The largest absolute Gasteiger partial charge is 0.496 e. The third kappa shape index (κ3) is 6.70. The number of amides is 2. The fraction of sp³-hybridized carbons (Fsp3) is 0.429. The highest BCUT2D eigenvalue weighted by molar-refractivity contribution is 5.81. The fourth-order valence-corrected chi connectivity index (χ4v) is 7.65. The second-order valence-corrected chi connectivity index (χ2v) is 13.0. The van der Waals surface area contributed by atoms with Gasteiger partial charge in [-0.05, 0) is 109 Å². The number of carboxylic acid groups (broad SMARTS) is 1. The number of halogens is 9. The van der Waals surface area contributed by atoms with Crippen LogP contribution in [0.1, 0.15) is 89.9 Å². The topological polar surface area (TPSA) is 78.9 Å². The summed E-state index contributed by atoms with van der Waals surface area (Å²) in [6.45, 7) is 0. The van der Waals surface area contributed by atoms with Crippen molar-refractivity contribution in [2.75, 3.05) is 7.11 Å². The zero-order valence-corrected chi connectivity index (χ0v) is 26.3. The molecule has 0 bridgehead atoms. The van der Waals surface area contributed by atoms with Crippen LogP contribution in [-0.4, -0.2) is 35.2 Å². The van der Waals surface area contributed by atoms with Crippen molar-refractivity contribution in [2.45, 2.75) is 81.1 Å². The molecule has 268 valence electrons. The molecule has 3 aliphatic rings. The van der Waals surface area contributed by atoms with E-state index in [4.69, 9.17) is 4.74 Å². The smallest absolute Gasteiger partial charge is 0.416 e. The molecule has 6 nitrogen and oxygen atoms in total. The Morgan fingerprint density at radius 3 is 1.92 bits per heavy atom. The van der Waals surface area contributed by atoms with Gasteiger partial charge in [-0.2, -0.15) is 39.5 Å². The van der Waals surface area contributed by atoms with E-state index < -0.39 is 76.8 Å². The quantitative estimate of drug-likeness (QED) is 0.249. The number of fused-ring (bicyclic) bond motifs is 1. The molecule has 3 unspecified atom stereocenters. The van der Waals surface area contributed by atoms with Gasteiger partial charge in [-0.3, -0.25) is 4.79 Å². The number of urea groups is 1. The number of carboxylic acids is 1. The summed E-state index contributed by atoms with van der Waals surface area (Å²) in [5, 5.41) is 11.9. The van der Waals surface area contributed by atoms with Gasteiger partial charge in [0, 0.05) is 5.56 Å². The van der Waals surface area contributed by atoms with E-state index in [2.05, 4.69) is 5.32 Å². The van der Waals surface area contributed by atoms with E-state index >= 15 is 0 Å². The van der Waals surface area contributed by atoms with Gasteiger partial charge in [-0.15, -0.1) is 0 Å². The number of nitrogens with zero attached hydrogens (tertiary/aromatic N) is 1. The van der Waals surface area contributed by atoms with Gasteiger partial charge in [0.25, 0.3) is 0 Å². The van der Waals surface area contributed by atoms with Crippen LogP contribution in [0.25, 0.3) is 11.1 Å². The van der Waals surface area contributed by atoms with Gasteiger partial charge in [0.15, 0.2) is 0 Å². The van der Waals surface area contributed by atoms with E-state index in [1.54, 1.807) is 12.1 Å². The zero-order valence-electron chi connectivity index (χ0n) is 26.3. The van der Waals surface area contributed by atoms with Gasteiger partial charge in [0.2, 0.25) is 0 Å². The predicted octanol–water partition coefficient (Wildman–Crippen LogP) is 9.75. The van der Waals surface area contributed by atoms with Gasteiger partial charge >= 0.3 is 30.5 Å². The Labute approximate surface area is 280 Å². The first-order valence-electron chi connectivity index (χ1n) is 15.9. The maximum atomic E-state index is 14.1. The van der Waals surface area contributed by atoms with E-state index in [9.17, 15) is 54.2 Å². The Morgan fingerprint density at radius 2 is 1.36 bits per heavy atom. The Bertz CT molecular complexity index is 1760. The molecule has 50 heavy (non-hydrogen) atoms. The minimum Gasteiger partial charge on any atom is -0.496 e. The minimum atomic E-state index is -5.12.